The van der Waals surface area contributed by atoms with E-state index in [2.05, 4.69) is 15.8 Å². The van der Waals surface area contributed by atoms with Crippen molar-refractivity contribution in [3.63, 3.8) is 0 Å². The summed E-state index contributed by atoms with van der Waals surface area (Å²) in [7, 11) is 0. The normalized spacial score (nSPS) is 10.7. The van der Waals surface area contributed by atoms with Crippen LogP contribution in [0.5, 0.6) is 0 Å². The van der Waals surface area contributed by atoms with Crippen molar-refractivity contribution in [3.05, 3.63) is 88.0 Å². The van der Waals surface area contributed by atoms with Gasteiger partial charge in [0.25, 0.3) is 17.5 Å². The molecular formula is C20H16N4O4. The summed E-state index contributed by atoms with van der Waals surface area (Å²) in [6, 6.07) is 18.7. The Bertz CT molecular complexity index is 1070. The Morgan fingerprint density at radius 2 is 1.79 bits per heavy atom. The van der Waals surface area contributed by atoms with E-state index in [1.807, 2.05) is 30.3 Å². The summed E-state index contributed by atoms with van der Waals surface area (Å²) in [5.41, 5.74) is 3.14. The monoisotopic (exact) mass is 376 g/mol. The molecule has 8 heteroatoms. The highest BCUT2D eigenvalue weighted by atomic mass is 16.6. The van der Waals surface area contributed by atoms with Crippen molar-refractivity contribution in [1.29, 1.82) is 0 Å². The predicted molar refractivity (Wildman–Crippen MR) is 105 cm³/mol. The van der Waals surface area contributed by atoms with Crippen molar-refractivity contribution in [2.24, 2.45) is 5.10 Å². The molecule has 0 heterocycles. The molecule has 0 unspecified atom stereocenters. The number of nitro groups is 1. The first-order valence-corrected chi connectivity index (χ1v) is 8.37. The number of hydrogen-bond donors (Lipinski definition) is 2. The standard InChI is InChI=1S/C20H16N4O4/c25-19(23-22-12-14-5-3-8-16(11-14)24(27)28)13-21-20(26)18-10-4-7-15-6-1-2-9-17(15)18/h1-12H,13H2,(H,21,26)(H,23,25). The second-order valence-electron chi connectivity index (χ2n) is 5.85. The summed E-state index contributed by atoms with van der Waals surface area (Å²) in [6.07, 6.45) is 1.29. The number of nitrogens with zero attached hydrogens (tertiary/aromatic N) is 2. The fourth-order valence-corrected chi connectivity index (χ4v) is 2.62. The molecule has 0 aliphatic carbocycles. The summed E-state index contributed by atoms with van der Waals surface area (Å²) in [5.74, 6) is -0.884. The van der Waals surface area contributed by atoms with Crippen molar-refractivity contribution in [3.8, 4) is 0 Å². The summed E-state index contributed by atoms with van der Waals surface area (Å²) >= 11 is 0. The van der Waals surface area contributed by atoms with Crippen LogP contribution in [0.1, 0.15) is 15.9 Å². The van der Waals surface area contributed by atoms with Crippen molar-refractivity contribution in [2.75, 3.05) is 6.54 Å². The van der Waals surface area contributed by atoms with Gasteiger partial charge in [-0.1, -0.05) is 48.5 Å². The summed E-state index contributed by atoms with van der Waals surface area (Å²) < 4.78 is 0. The maximum atomic E-state index is 12.4. The van der Waals surface area contributed by atoms with Gasteiger partial charge in [-0.15, -0.1) is 0 Å². The van der Waals surface area contributed by atoms with Gasteiger partial charge in [0, 0.05) is 23.3 Å². The highest BCUT2D eigenvalue weighted by molar-refractivity contribution is 6.07. The van der Waals surface area contributed by atoms with Gasteiger partial charge in [0.1, 0.15) is 0 Å². The van der Waals surface area contributed by atoms with E-state index < -0.39 is 10.8 Å². The third kappa shape index (κ3) is 4.55. The van der Waals surface area contributed by atoms with Crippen LogP contribution < -0.4 is 10.7 Å². The van der Waals surface area contributed by atoms with Gasteiger partial charge in [-0.3, -0.25) is 19.7 Å². The van der Waals surface area contributed by atoms with Crippen molar-refractivity contribution >= 4 is 34.5 Å². The van der Waals surface area contributed by atoms with E-state index in [0.29, 0.717) is 11.1 Å². The molecule has 0 saturated heterocycles. The fourth-order valence-electron chi connectivity index (χ4n) is 2.62. The molecule has 0 spiro atoms. The number of nitro benzene ring substituents is 1. The molecule has 0 bridgehead atoms. The third-order valence-corrected chi connectivity index (χ3v) is 3.93. The van der Waals surface area contributed by atoms with Gasteiger partial charge in [-0.05, 0) is 16.8 Å². The Labute approximate surface area is 160 Å². The quantitative estimate of drug-likeness (QED) is 0.391. The number of non-ortho nitro benzene ring substituents is 1. The second kappa shape index (κ2) is 8.54. The Morgan fingerprint density at radius 3 is 2.61 bits per heavy atom. The van der Waals surface area contributed by atoms with Crippen LogP contribution in [0.25, 0.3) is 10.8 Å². The zero-order chi connectivity index (χ0) is 19.9. The van der Waals surface area contributed by atoms with Gasteiger partial charge in [-0.2, -0.15) is 5.10 Å². The van der Waals surface area contributed by atoms with Gasteiger partial charge in [0.15, 0.2) is 0 Å². The molecule has 0 aliphatic rings. The van der Waals surface area contributed by atoms with Gasteiger partial charge < -0.3 is 5.32 Å². The van der Waals surface area contributed by atoms with E-state index in [9.17, 15) is 19.7 Å². The molecule has 0 fully saturated rings. The lowest BCUT2D eigenvalue weighted by Crippen LogP contribution is -2.35. The van der Waals surface area contributed by atoms with E-state index in [-0.39, 0.29) is 18.1 Å². The van der Waals surface area contributed by atoms with Crippen LogP contribution >= 0.6 is 0 Å². The van der Waals surface area contributed by atoms with E-state index in [1.165, 1.54) is 24.4 Å². The molecule has 0 atom stereocenters. The maximum absolute atomic E-state index is 12.4. The maximum Gasteiger partial charge on any atom is 0.270 e. The van der Waals surface area contributed by atoms with E-state index in [1.54, 1.807) is 18.2 Å². The van der Waals surface area contributed by atoms with Crippen LogP contribution in [0.15, 0.2) is 71.8 Å². The zero-order valence-electron chi connectivity index (χ0n) is 14.7. The average molecular weight is 376 g/mol. The van der Waals surface area contributed by atoms with Gasteiger partial charge in [-0.25, -0.2) is 5.43 Å². The van der Waals surface area contributed by atoms with E-state index in [0.717, 1.165) is 10.8 Å². The molecule has 0 aliphatic heterocycles. The zero-order valence-corrected chi connectivity index (χ0v) is 14.7. The number of benzene rings is 3. The first-order valence-electron chi connectivity index (χ1n) is 8.37. The molecule has 2 amide bonds. The molecule has 0 radical (unpaired) electrons. The Hall–Kier alpha value is -4.07. The number of amides is 2. The Kier molecular flexibility index (Phi) is 5.71. The van der Waals surface area contributed by atoms with Crippen LogP contribution in [0.4, 0.5) is 5.69 Å². The number of hydrogen-bond acceptors (Lipinski definition) is 5. The number of nitrogens with one attached hydrogen (secondary N) is 2. The molecule has 0 saturated carbocycles. The molecule has 28 heavy (non-hydrogen) atoms. The van der Waals surface area contributed by atoms with Crippen molar-refractivity contribution < 1.29 is 14.5 Å². The minimum absolute atomic E-state index is 0.0716. The van der Waals surface area contributed by atoms with E-state index >= 15 is 0 Å². The van der Waals surface area contributed by atoms with Crippen LogP contribution in [0, 0.1) is 10.1 Å². The minimum atomic E-state index is -0.518. The van der Waals surface area contributed by atoms with Gasteiger partial charge in [0.05, 0.1) is 17.7 Å². The third-order valence-electron chi connectivity index (χ3n) is 3.93. The molecular weight excluding hydrogens is 360 g/mol. The Balaban J connectivity index is 1.56. The lowest BCUT2D eigenvalue weighted by Gasteiger charge is -2.07. The molecule has 8 nitrogen and oxygen atoms in total. The second-order valence-corrected chi connectivity index (χ2v) is 5.85. The van der Waals surface area contributed by atoms with Crippen LogP contribution in [0.3, 0.4) is 0 Å². The average Bonchev–Trinajstić information content (AvgIpc) is 2.71. The lowest BCUT2D eigenvalue weighted by molar-refractivity contribution is -0.384. The summed E-state index contributed by atoms with van der Waals surface area (Å²) in [6.45, 7) is -0.256. The van der Waals surface area contributed by atoms with Crippen LogP contribution in [0.2, 0.25) is 0 Å². The molecule has 2 N–H and O–H groups in total. The SMILES string of the molecule is O=C(CNC(=O)c1cccc2ccccc12)NN=Cc1cccc([N+](=O)[O-])c1. The van der Waals surface area contributed by atoms with Crippen molar-refractivity contribution in [1.82, 2.24) is 10.7 Å². The molecule has 3 rings (SSSR count). The number of carbonyl (C=O) groups excluding carboxylic acids is 2. The molecule has 3 aromatic rings. The molecule has 0 aromatic heterocycles. The summed E-state index contributed by atoms with van der Waals surface area (Å²) in [5, 5.41) is 18.8. The number of fused-ring (bicyclic) bond motifs is 1. The van der Waals surface area contributed by atoms with Gasteiger partial charge >= 0.3 is 0 Å². The first kappa shape index (κ1) is 18.7. The highest BCUT2D eigenvalue weighted by Gasteiger charge is 2.11. The minimum Gasteiger partial charge on any atom is -0.343 e. The van der Waals surface area contributed by atoms with Crippen LogP contribution in [-0.4, -0.2) is 29.5 Å². The fraction of sp³-hybridized carbons (Fsp3) is 0.0500. The number of carbonyl (C=O) groups is 2. The predicted octanol–water partition coefficient (Wildman–Crippen LogP) is 2.63. The van der Waals surface area contributed by atoms with E-state index in [4.69, 9.17) is 0 Å². The molecule has 140 valence electrons. The Morgan fingerprint density at radius 1 is 1.04 bits per heavy atom. The smallest absolute Gasteiger partial charge is 0.270 e. The number of hydrazone groups is 1. The van der Waals surface area contributed by atoms with Crippen LogP contribution in [-0.2, 0) is 4.79 Å². The highest BCUT2D eigenvalue weighted by Crippen LogP contribution is 2.18. The topological polar surface area (TPSA) is 114 Å². The van der Waals surface area contributed by atoms with Crippen molar-refractivity contribution in [2.45, 2.75) is 0 Å². The molecule has 3 aromatic carbocycles. The van der Waals surface area contributed by atoms with Gasteiger partial charge in [0.2, 0.25) is 0 Å². The number of rotatable bonds is 6. The summed E-state index contributed by atoms with van der Waals surface area (Å²) in [4.78, 5) is 34.4. The first-order chi connectivity index (χ1) is 13.5. The lowest BCUT2D eigenvalue weighted by atomic mass is 10.0. The largest absolute Gasteiger partial charge is 0.343 e.